The molecule has 0 unspecified atom stereocenters. The van der Waals surface area contributed by atoms with E-state index in [-0.39, 0.29) is 17.4 Å². The van der Waals surface area contributed by atoms with Gasteiger partial charge in [-0.05, 0) is 48.4 Å². The molecule has 0 aliphatic carbocycles. The molecule has 8 nitrogen and oxygen atoms in total. The van der Waals surface area contributed by atoms with Crippen molar-refractivity contribution in [3.8, 4) is 17.2 Å². The summed E-state index contributed by atoms with van der Waals surface area (Å²) in [5.41, 5.74) is 1.49. The maximum Gasteiger partial charge on any atom is 0.258 e. The first kappa shape index (κ1) is 24.5. The van der Waals surface area contributed by atoms with Crippen LogP contribution in [0.15, 0.2) is 41.3 Å². The van der Waals surface area contributed by atoms with Gasteiger partial charge in [0.1, 0.15) is 5.75 Å². The van der Waals surface area contributed by atoms with Crippen LogP contribution in [0.3, 0.4) is 0 Å². The first-order valence-corrected chi connectivity index (χ1v) is 11.4. The molecule has 1 N–H and O–H groups in total. The van der Waals surface area contributed by atoms with Crippen molar-refractivity contribution in [2.24, 2.45) is 0 Å². The molecule has 0 aromatic heterocycles. The lowest BCUT2D eigenvalue weighted by Gasteiger charge is -2.19. The number of nitrogens with zero attached hydrogens (tertiary/aromatic N) is 1. The van der Waals surface area contributed by atoms with Gasteiger partial charge in [-0.3, -0.25) is 4.79 Å². The van der Waals surface area contributed by atoms with E-state index in [1.165, 1.54) is 10.4 Å². The third kappa shape index (κ3) is 6.11. The average Bonchev–Trinajstić information content (AvgIpc) is 2.77. The minimum absolute atomic E-state index is 0.184. The van der Waals surface area contributed by atoms with E-state index in [1.54, 1.807) is 59.3 Å². The lowest BCUT2D eigenvalue weighted by molar-refractivity contribution is -0.123. The van der Waals surface area contributed by atoms with E-state index in [2.05, 4.69) is 5.32 Å². The molecular weight excluding hydrogens is 420 g/mol. The fraction of sp³-hybridized carbons (Fsp3) is 0.409. The molecule has 0 aliphatic rings. The van der Waals surface area contributed by atoms with E-state index in [4.69, 9.17) is 14.2 Å². The van der Waals surface area contributed by atoms with E-state index in [0.29, 0.717) is 42.4 Å². The van der Waals surface area contributed by atoms with Gasteiger partial charge in [0.15, 0.2) is 18.1 Å². The highest BCUT2D eigenvalue weighted by Gasteiger charge is 2.22. The third-order valence-corrected chi connectivity index (χ3v) is 6.83. The number of benzene rings is 2. The Balaban J connectivity index is 1.96. The second-order valence-corrected chi connectivity index (χ2v) is 8.71. The maximum absolute atomic E-state index is 12.6. The van der Waals surface area contributed by atoms with Gasteiger partial charge >= 0.3 is 0 Å². The zero-order valence-electron chi connectivity index (χ0n) is 18.6. The molecule has 2 rings (SSSR count). The lowest BCUT2D eigenvalue weighted by atomic mass is 10.2. The Labute approximate surface area is 184 Å². The van der Waals surface area contributed by atoms with E-state index in [1.807, 2.05) is 6.07 Å². The van der Waals surface area contributed by atoms with Crippen molar-refractivity contribution in [2.75, 3.05) is 33.9 Å². The molecule has 0 bridgehead atoms. The van der Waals surface area contributed by atoms with Gasteiger partial charge in [0, 0.05) is 19.6 Å². The summed E-state index contributed by atoms with van der Waals surface area (Å²) in [6.07, 6.45) is 0. The Hall–Kier alpha value is -2.78. The smallest absolute Gasteiger partial charge is 0.258 e. The average molecular weight is 451 g/mol. The van der Waals surface area contributed by atoms with Crippen molar-refractivity contribution in [3.63, 3.8) is 0 Å². The van der Waals surface area contributed by atoms with Crippen molar-refractivity contribution in [2.45, 2.75) is 32.2 Å². The molecule has 0 saturated carbocycles. The van der Waals surface area contributed by atoms with Crippen LogP contribution in [-0.4, -0.2) is 52.5 Å². The second-order valence-electron chi connectivity index (χ2n) is 6.77. The number of sulfonamides is 1. The molecule has 0 spiro atoms. The summed E-state index contributed by atoms with van der Waals surface area (Å²) in [6, 6.07) is 10.0. The van der Waals surface area contributed by atoms with Crippen molar-refractivity contribution >= 4 is 15.9 Å². The van der Waals surface area contributed by atoms with Gasteiger partial charge in [-0.2, -0.15) is 4.31 Å². The predicted octanol–water partition coefficient (Wildman–Crippen LogP) is 2.74. The van der Waals surface area contributed by atoms with Crippen molar-refractivity contribution in [3.05, 3.63) is 47.5 Å². The standard InChI is InChI=1S/C22H30N2O6S/c1-6-24(7-2)31(26,27)18-9-11-19(16(3)12-18)30-15-22(25)23-14-17-8-10-20(28-4)21(13-17)29-5/h8-13H,6-7,14-15H2,1-5H3,(H,23,25). The normalized spacial score (nSPS) is 11.3. The molecule has 0 radical (unpaired) electrons. The van der Waals surface area contributed by atoms with E-state index < -0.39 is 10.0 Å². The van der Waals surface area contributed by atoms with Crippen LogP contribution in [0.2, 0.25) is 0 Å². The van der Waals surface area contributed by atoms with Crippen LogP contribution in [0.5, 0.6) is 17.2 Å². The quantitative estimate of drug-likeness (QED) is 0.566. The summed E-state index contributed by atoms with van der Waals surface area (Å²) in [5.74, 6) is 1.36. The first-order chi connectivity index (χ1) is 14.8. The van der Waals surface area contributed by atoms with E-state index in [0.717, 1.165) is 5.56 Å². The molecule has 2 aromatic rings. The van der Waals surface area contributed by atoms with E-state index in [9.17, 15) is 13.2 Å². The number of hydrogen-bond acceptors (Lipinski definition) is 6. The summed E-state index contributed by atoms with van der Waals surface area (Å²) in [4.78, 5) is 12.4. The zero-order chi connectivity index (χ0) is 23.0. The largest absolute Gasteiger partial charge is 0.493 e. The van der Waals surface area contributed by atoms with Gasteiger partial charge in [0.05, 0.1) is 19.1 Å². The molecule has 0 aliphatic heterocycles. The number of rotatable bonds is 11. The van der Waals surface area contributed by atoms with Gasteiger partial charge in [-0.1, -0.05) is 19.9 Å². The van der Waals surface area contributed by atoms with Crippen LogP contribution >= 0.6 is 0 Å². The number of aryl methyl sites for hydroxylation is 1. The Morgan fingerprint density at radius 2 is 1.61 bits per heavy atom. The minimum Gasteiger partial charge on any atom is -0.493 e. The molecule has 9 heteroatoms. The van der Waals surface area contributed by atoms with Crippen LogP contribution < -0.4 is 19.5 Å². The Morgan fingerprint density at radius 3 is 2.19 bits per heavy atom. The summed E-state index contributed by atoms with van der Waals surface area (Å²) >= 11 is 0. The number of methoxy groups -OCH3 is 2. The monoisotopic (exact) mass is 450 g/mol. The second kappa shape index (κ2) is 11.0. The summed E-state index contributed by atoms with van der Waals surface area (Å²) < 4.78 is 42.7. The lowest BCUT2D eigenvalue weighted by Crippen LogP contribution is -2.30. The molecule has 0 atom stereocenters. The zero-order valence-corrected chi connectivity index (χ0v) is 19.4. The molecule has 170 valence electrons. The fourth-order valence-electron chi connectivity index (χ4n) is 3.04. The molecule has 2 aromatic carbocycles. The fourth-order valence-corrected chi connectivity index (χ4v) is 4.59. The van der Waals surface area contributed by atoms with E-state index >= 15 is 0 Å². The number of ether oxygens (including phenoxy) is 3. The van der Waals surface area contributed by atoms with Crippen molar-refractivity contribution < 1.29 is 27.4 Å². The summed E-state index contributed by atoms with van der Waals surface area (Å²) in [7, 11) is -0.432. The number of carbonyl (C=O) groups excluding carboxylic acids is 1. The van der Waals surface area contributed by atoms with Crippen molar-refractivity contribution in [1.29, 1.82) is 0 Å². The Morgan fingerprint density at radius 1 is 0.968 bits per heavy atom. The molecule has 31 heavy (non-hydrogen) atoms. The number of amides is 1. The SMILES string of the molecule is CCN(CC)S(=O)(=O)c1ccc(OCC(=O)NCc2ccc(OC)c(OC)c2)c(C)c1. The summed E-state index contributed by atoms with van der Waals surface area (Å²) in [6.45, 7) is 6.27. The van der Waals surface area contributed by atoms with Crippen molar-refractivity contribution in [1.82, 2.24) is 9.62 Å². The molecular formula is C22H30N2O6S. The third-order valence-electron chi connectivity index (χ3n) is 4.79. The van der Waals surface area contributed by atoms with Gasteiger partial charge in [0.2, 0.25) is 10.0 Å². The number of nitrogens with one attached hydrogen (secondary N) is 1. The van der Waals surface area contributed by atoms with Crippen LogP contribution in [0.4, 0.5) is 0 Å². The molecule has 1 amide bonds. The maximum atomic E-state index is 12.6. The molecule has 0 heterocycles. The van der Waals surface area contributed by atoms with Gasteiger partial charge in [0.25, 0.3) is 5.91 Å². The first-order valence-electron chi connectivity index (χ1n) is 9.98. The van der Waals surface area contributed by atoms with Gasteiger partial charge in [-0.25, -0.2) is 8.42 Å². The highest BCUT2D eigenvalue weighted by Crippen LogP contribution is 2.27. The Bertz CT molecular complexity index is 1000. The number of carbonyl (C=O) groups is 1. The predicted molar refractivity (Wildman–Crippen MR) is 118 cm³/mol. The topological polar surface area (TPSA) is 94.2 Å². The summed E-state index contributed by atoms with van der Waals surface area (Å²) in [5, 5.41) is 2.78. The minimum atomic E-state index is -3.54. The van der Waals surface area contributed by atoms with Crippen LogP contribution in [0.25, 0.3) is 0 Å². The van der Waals surface area contributed by atoms with Gasteiger partial charge in [-0.15, -0.1) is 0 Å². The number of hydrogen-bond donors (Lipinski definition) is 1. The Kier molecular flexibility index (Phi) is 8.70. The molecule has 0 fully saturated rings. The van der Waals surface area contributed by atoms with Crippen LogP contribution in [0, 0.1) is 6.92 Å². The van der Waals surface area contributed by atoms with Gasteiger partial charge < -0.3 is 19.5 Å². The highest BCUT2D eigenvalue weighted by molar-refractivity contribution is 7.89. The molecule has 0 saturated heterocycles. The highest BCUT2D eigenvalue weighted by atomic mass is 32.2. The van der Waals surface area contributed by atoms with Crippen LogP contribution in [-0.2, 0) is 21.4 Å². The van der Waals surface area contributed by atoms with Crippen LogP contribution in [0.1, 0.15) is 25.0 Å².